The van der Waals surface area contributed by atoms with Crippen molar-refractivity contribution in [3.05, 3.63) is 0 Å². The third-order valence-electron chi connectivity index (χ3n) is 1.12. The zero-order valence-corrected chi connectivity index (χ0v) is 9.25. The molecule has 0 aliphatic heterocycles. The smallest absolute Gasteiger partial charge is 0.398 e. The maximum absolute atomic E-state index is 10.1. The molecule has 0 spiro atoms. The Balaban J connectivity index is -0.000000131. The number of nitrogens with two attached hydrogens (primary N) is 2. The summed E-state index contributed by atoms with van der Waals surface area (Å²) in [7, 11) is -2.67. The summed E-state index contributed by atoms with van der Waals surface area (Å²) in [6.45, 7) is 5.95. The van der Waals surface area contributed by atoms with E-state index in [4.69, 9.17) is 21.5 Å². The van der Waals surface area contributed by atoms with Crippen molar-refractivity contribution in [2.75, 3.05) is 13.1 Å². The van der Waals surface area contributed by atoms with E-state index in [9.17, 15) is 4.32 Å². The van der Waals surface area contributed by atoms with Gasteiger partial charge in [-0.3, -0.25) is 4.32 Å². The van der Waals surface area contributed by atoms with E-state index in [-0.39, 0.29) is 0 Å². The van der Waals surface area contributed by atoms with Crippen LogP contribution in [0.5, 0.6) is 0 Å². The fourth-order valence-corrected chi connectivity index (χ4v) is 0.408. The van der Waals surface area contributed by atoms with Crippen LogP contribution in [-0.2, 0) is 0 Å². The van der Waals surface area contributed by atoms with E-state index in [1.807, 2.05) is 0 Å². The molecule has 0 aromatic carbocycles. The standard InChI is InChI=1S/2C4H11N.BFH2O2/c2*1-2-3-4-5;2-1(3)4/h2*2-5H2,1H3;3-4H. The van der Waals surface area contributed by atoms with Gasteiger partial charge in [-0.2, -0.15) is 0 Å². The summed E-state index contributed by atoms with van der Waals surface area (Å²) >= 11 is 0. The van der Waals surface area contributed by atoms with E-state index >= 15 is 0 Å². The van der Waals surface area contributed by atoms with Crippen molar-refractivity contribution in [3.63, 3.8) is 0 Å². The molecule has 0 fully saturated rings. The Hall–Kier alpha value is -0.165. The largest absolute Gasteiger partial charge is 0.674 e. The summed E-state index contributed by atoms with van der Waals surface area (Å²) in [5, 5.41) is 13.9. The van der Waals surface area contributed by atoms with Gasteiger partial charge >= 0.3 is 7.40 Å². The molecule has 4 nitrogen and oxygen atoms in total. The van der Waals surface area contributed by atoms with Crippen LogP contribution < -0.4 is 11.5 Å². The Morgan fingerprint density at radius 1 is 1.00 bits per heavy atom. The summed E-state index contributed by atoms with van der Waals surface area (Å²) < 4.78 is 10.1. The highest BCUT2D eigenvalue weighted by atomic mass is 19.1. The Morgan fingerprint density at radius 2 is 1.21 bits per heavy atom. The van der Waals surface area contributed by atoms with Gasteiger partial charge in [-0.1, -0.05) is 26.7 Å². The fourth-order valence-electron chi connectivity index (χ4n) is 0.408. The molecule has 6 N–H and O–H groups in total. The van der Waals surface area contributed by atoms with Crippen molar-refractivity contribution in [2.45, 2.75) is 39.5 Å². The minimum Gasteiger partial charge on any atom is -0.398 e. The zero-order valence-electron chi connectivity index (χ0n) is 9.25. The second kappa shape index (κ2) is 23.0. The molecule has 0 atom stereocenters. The predicted octanol–water partition coefficient (Wildman–Crippen LogP) is 0.416. The van der Waals surface area contributed by atoms with E-state index in [0.29, 0.717) is 0 Å². The Bertz CT molecular complexity index is 67.6. The molecule has 0 saturated heterocycles. The van der Waals surface area contributed by atoms with Crippen molar-refractivity contribution >= 4 is 7.40 Å². The first kappa shape index (κ1) is 19.4. The first-order valence-corrected chi connectivity index (χ1v) is 4.97. The first-order chi connectivity index (χ1) is 6.56. The van der Waals surface area contributed by atoms with E-state index < -0.39 is 7.40 Å². The Labute approximate surface area is 86.7 Å². The molecule has 0 saturated carbocycles. The molecule has 6 heteroatoms. The molecule has 0 aliphatic carbocycles. The molecule has 0 aromatic heterocycles. The van der Waals surface area contributed by atoms with Gasteiger partial charge in [0.05, 0.1) is 0 Å². The number of hydrogen-bond acceptors (Lipinski definition) is 4. The van der Waals surface area contributed by atoms with Gasteiger partial charge in [0, 0.05) is 0 Å². The molecule has 14 heavy (non-hydrogen) atoms. The van der Waals surface area contributed by atoms with E-state index in [0.717, 1.165) is 13.1 Å². The quantitative estimate of drug-likeness (QED) is 0.506. The predicted molar refractivity (Wildman–Crippen MR) is 59.2 cm³/mol. The minimum atomic E-state index is -2.67. The summed E-state index contributed by atoms with van der Waals surface area (Å²) in [6.07, 6.45) is 4.77. The van der Waals surface area contributed by atoms with Gasteiger partial charge in [-0.25, -0.2) is 0 Å². The average Bonchev–Trinajstić information content (AvgIpc) is 2.07. The van der Waals surface area contributed by atoms with Crippen LogP contribution in [0.3, 0.4) is 0 Å². The van der Waals surface area contributed by atoms with E-state index in [1.165, 1.54) is 25.7 Å². The normalized spacial score (nSPS) is 7.93. The number of unbranched alkanes of at least 4 members (excludes halogenated alkanes) is 2. The number of hydrogen-bond donors (Lipinski definition) is 4. The first-order valence-electron chi connectivity index (χ1n) is 4.97. The lowest BCUT2D eigenvalue weighted by Crippen LogP contribution is -1.98. The van der Waals surface area contributed by atoms with Gasteiger partial charge in [-0.05, 0) is 25.9 Å². The summed E-state index contributed by atoms with van der Waals surface area (Å²) in [6, 6.07) is 0. The maximum Gasteiger partial charge on any atom is 0.674 e. The number of halogens is 1. The van der Waals surface area contributed by atoms with Crippen LogP contribution in [0, 0.1) is 0 Å². The summed E-state index contributed by atoms with van der Waals surface area (Å²) in [5.41, 5.74) is 10.3. The monoisotopic (exact) mass is 210 g/mol. The molecule has 0 aliphatic rings. The lowest BCUT2D eigenvalue weighted by Gasteiger charge is -1.80. The van der Waals surface area contributed by atoms with Gasteiger partial charge in [0.2, 0.25) is 0 Å². The molecule has 0 rings (SSSR count). The van der Waals surface area contributed by atoms with Crippen LogP contribution in [0.2, 0.25) is 0 Å². The second-order valence-electron chi connectivity index (χ2n) is 2.60. The fraction of sp³-hybridized carbons (Fsp3) is 1.00. The molecule has 0 bridgehead atoms. The van der Waals surface area contributed by atoms with E-state index in [2.05, 4.69) is 13.8 Å². The van der Waals surface area contributed by atoms with Crippen LogP contribution in [0.25, 0.3) is 0 Å². The van der Waals surface area contributed by atoms with Crippen LogP contribution >= 0.6 is 0 Å². The molecular formula is C8H24BFN2O2. The minimum absolute atomic E-state index is 0.844. The lowest BCUT2D eigenvalue weighted by atomic mass is 10.3. The topological polar surface area (TPSA) is 92.5 Å². The van der Waals surface area contributed by atoms with Crippen LogP contribution in [0.4, 0.5) is 4.32 Å². The third kappa shape index (κ3) is 94.5. The Morgan fingerprint density at radius 3 is 1.21 bits per heavy atom. The number of rotatable bonds is 4. The zero-order chi connectivity index (χ0) is 11.8. The molecule has 0 unspecified atom stereocenters. The van der Waals surface area contributed by atoms with Gasteiger partial charge in [-0.15, -0.1) is 0 Å². The summed E-state index contributed by atoms with van der Waals surface area (Å²) in [4.78, 5) is 0. The highest BCUT2D eigenvalue weighted by molar-refractivity contribution is 6.31. The van der Waals surface area contributed by atoms with Crippen molar-refractivity contribution in [2.24, 2.45) is 11.5 Å². The molecular weight excluding hydrogens is 186 g/mol. The third-order valence-corrected chi connectivity index (χ3v) is 1.12. The van der Waals surface area contributed by atoms with Crippen molar-refractivity contribution in [1.29, 1.82) is 0 Å². The van der Waals surface area contributed by atoms with Crippen molar-refractivity contribution in [1.82, 2.24) is 0 Å². The van der Waals surface area contributed by atoms with E-state index in [1.54, 1.807) is 0 Å². The Kier molecular flexibility index (Phi) is 31.9. The van der Waals surface area contributed by atoms with Gasteiger partial charge < -0.3 is 21.5 Å². The van der Waals surface area contributed by atoms with Crippen LogP contribution in [0.1, 0.15) is 39.5 Å². The highest BCUT2D eigenvalue weighted by Crippen LogP contribution is 1.77. The lowest BCUT2D eigenvalue weighted by molar-refractivity contribution is 0.340. The van der Waals surface area contributed by atoms with Crippen LogP contribution in [0.15, 0.2) is 0 Å². The second-order valence-corrected chi connectivity index (χ2v) is 2.60. The molecule has 0 radical (unpaired) electrons. The van der Waals surface area contributed by atoms with Gasteiger partial charge in [0.15, 0.2) is 0 Å². The SMILES string of the molecule is CCCCN.CCCCN.OB(O)F. The molecule has 88 valence electrons. The van der Waals surface area contributed by atoms with Gasteiger partial charge in [0.1, 0.15) is 0 Å². The van der Waals surface area contributed by atoms with Crippen molar-refractivity contribution in [3.8, 4) is 0 Å². The van der Waals surface area contributed by atoms with Gasteiger partial charge in [0.25, 0.3) is 0 Å². The molecule has 0 amide bonds. The molecule has 0 aromatic rings. The van der Waals surface area contributed by atoms with Crippen LogP contribution in [-0.4, -0.2) is 30.5 Å². The average molecular weight is 210 g/mol. The maximum atomic E-state index is 10.1. The summed E-state index contributed by atoms with van der Waals surface area (Å²) in [5.74, 6) is 0. The van der Waals surface area contributed by atoms with Crippen molar-refractivity contribution < 1.29 is 14.4 Å². The molecule has 0 heterocycles. The highest BCUT2D eigenvalue weighted by Gasteiger charge is 1.97.